The highest BCUT2D eigenvalue weighted by Crippen LogP contribution is 2.36. The molecule has 0 aliphatic heterocycles. The summed E-state index contributed by atoms with van der Waals surface area (Å²) in [5.74, 6) is -0.177. The lowest BCUT2D eigenvalue weighted by Crippen LogP contribution is -1.97. The molecule has 0 atom stereocenters. The molecule has 1 aromatic heterocycles. The molecule has 0 spiro atoms. The first-order valence-corrected chi connectivity index (χ1v) is 14.4. The van der Waals surface area contributed by atoms with Crippen LogP contribution in [0.1, 0.15) is 47.9 Å². The Labute approximate surface area is 212 Å². The molecule has 0 bridgehead atoms. The number of nitrogens with zero attached hydrogens (tertiary/aromatic N) is 1. The van der Waals surface area contributed by atoms with Gasteiger partial charge >= 0.3 is 7.60 Å². The Morgan fingerprint density at radius 1 is 0.806 bits per heavy atom. The third-order valence-corrected chi connectivity index (χ3v) is 7.67. The van der Waals surface area contributed by atoms with Crippen LogP contribution in [-0.4, -0.2) is 20.9 Å². The van der Waals surface area contributed by atoms with E-state index in [0.29, 0.717) is 12.8 Å². The number of pyridine rings is 1. The molecule has 0 unspecified atom stereocenters. The van der Waals surface area contributed by atoms with Crippen LogP contribution in [0.3, 0.4) is 0 Å². The second-order valence-corrected chi connectivity index (χ2v) is 11.2. The summed E-state index contributed by atoms with van der Waals surface area (Å²) >= 11 is 0. The van der Waals surface area contributed by atoms with Crippen LogP contribution in [-0.2, 0) is 23.8 Å². The van der Waals surface area contributed by atoms with Gasteiger partial charge in [-0.2, -0.15) is 0 Å². The summed E-state index contributed by atoms with van der Waals surface area (Å²) in [6.07, 6.45) is 7.09. The summed E-state index contributed by atoms with van der Waals surface area (Å²) < 4.78 is 26.1. The zero-order chi connectivity index (χ0) is 25.5. The molecular formula is C30H33FNO3P. The first-order chi connectivity index (χ1) is 17.3. The molecule has 1 heterocycles. The zero-order valence-corrected chi connectivity index (χ0v) is 21.6. The van der Waals surface area contributed by atoms with Crippen LogP contribution in [0.15, 0.2) is 72.9 Å². The van der Waals surface area contributed by atoms with E-state index in [2.05, 4.69) is 30.1 Å². The highest BCUT2D eigenvalue weighted by Gasteiger charge is 2.13. The third kappa shape index (κ3) is 6.88. The Hall–Kier alpha value is -2.85. The van der Waals surface area contributed by atoms with Gasteiger partial charge in [-0.15, -0.1) is 0 Å². The number of hydrogen-bond donors (Lipinski definition) is 2. The van der Waals surface area contributed by atoms with Crippen molar-refractivity contribution in [1.29, 1.82) is 0 Å². The maximum Gasteiger partial charge on any atom is 0.325 e. The highest BCUT2D eigenvalue weighted by atomic mass is 31.2. The maximum absolute atomic E-state index is 15.1. The fourth-order valence-electron chi connectivity index (χ4n) is 4.77. The summed E-state index contributed by atoms with van der Waals surface area (Å²) in [6, 6.07) is 21.9. The van der Waals surface area contributed by atoms with Gasteiger partial charge in [0, 0.05) is 17.7 Å². The van der Waals surface area contributed by atoms with Crippen LogP contribution in [0.2, 0.25) is 0 Å². The fourth-order valence-corrected chi connectivity index (χ4v) is 5.41. The number of halogens is 1. The molecule has 0 amide bonds. The first kappa shape index (κ1) is 26.2. The van der Waals surface area contributed by atoms with E-state index in [1.54, 1.807) is 12.3 Å². The fraction of sp³-hybridized carbons (Fsp3) is 0.300. The standard InChI is InChI=1S/C30H33FNO3P/c1-22-9-4-5-10-23(22)12-7-13-24-15-16-26(21-29(24)31)27-18-17-25(30-28(27)14-8-19-32-30)11-3-2-6-20-36(33,34)35/h4-5,8-10,14-19,21H,2-3,6-7,11-13,20H2,1H3,(H2,33,34,35). The Morgan fingerprint density at radius 2 is 1.56 bits per heavy atom. The summed E-state index contributed by atoms with van der Waals surface area (Å²) in [5.41, 5.74) is 7.11. The summed E-state index contributed by atoms with van der Waals surface area (Å²) in [6.45, 7) is 2.11. The van der Waals surface area contributed by atoms with Crippen molar-refractivity contribution >= 4 is 18.5 Å². The topological polar surface area (TPSA) is 70.4 Å². The van der Waals surface area contributed by atoms with Gasteiger partial charge in [-0.3, -0.25) is 9.55 Å². The number of benzene rings is 3. The molecule has 36 heavy (non-hydrogen) atoms. The number of aromatic nitrogens is 1. The van der Waals surface area contributed by atoms with Crippen molar-refractivity contribution in [3.8, 4) is 11.1 Å². The normalized spacial score (nSPS) is 11.8. The van der Waals surface area contributed by atoms with Gasteiger partial charge in [-0.1, -0.05) is 61.0 Å². The summed E-state index contributed by atoms with van der Waals surface area (Å²) in [4.78, 5) is 22.7. The first-order valence-electron chi connectivity index (χ1n) is 12.6. The number of rotatable bonds is 11. The van der Waals surface area contributed by atoms with Gasteiger partial charge in [-0.25, -0.2) is 4.39 Å². The monoisotopic (exact) mass is 505 g/mol. The molecule has 0 aliphatic rings. The highest BCUT2D eigenvalue weighted by molar-refractivity contribution is 7.51. The molecule has 4 rings (SSSR count). The predicted molar refractivity (Wildman–Crippen MR) is 145 cm³/mol. The van der Waals surface area contributed by atoms with Crippen molar-refractivity contribution in [3.05, 3.63) is 101 Å². The van der Waals surface area contributed by atoms with Gasteiger partial charge in [-0.05, 0) is 91.0 Å². The molecule has 0 saturated carbocycles. The van der Waals surface area contributed by atoms with Crippen molar-refractivity contribution in [2.24, 2.45) is 0 Å². The molecule has 4 nitrogen and oxygen atoms in total. The van der Waals surface area contributed by atoms with E-state index in [0.717, 1.165) is 65.3 Å². The van der Waals surface area contributed by atoms with Crippen LogP contribution in [0.4, 0.5) is 4.39 Å². The molecule has 4 aromatic rings. The Bertz CT molecular complexity index is 1380. The second kappa shape index (κ2) is 11.9. The van der Waals surface area contributed by atoms with Crippen LogP contribution in [0, 0.1) is 12.7 Å². The van der Waals surface area contributed by atoms with Crippen molar-refractivity contribution in [2.45, 2.75) is 51.9 Å². The molecule has 0 radical (unpaired) electrons. The maximum atomic E-state index is 15.1. The van der Waals surface area contributed by atoms with Gasteiger partial charge < -0.3 is 9.79 Å². The minimum absolute atomic E-state index is 0.0710. The van der Waals surface area contributed by atoms with Gasteiger partial charge in [0.25, 0.3) is 0 Å². The molecule has 0 fully saturated rings. The van der Waals surface area contributed by atoms with Crippen molar-refractivity contribution in [2.75, 3.05) is 6.16 Å². The van der Waals surface area contributed by atoms with Crippen molar-refractivity contribution < 1.29 is 18.7 Å². The van der Waals surface area contributed by atoms with Gasteiger partial charge in [0.2, 0.25) is 0 Å². The SMILES string of the molecule is Cc1ccccc1CCCc1ccc(-c2ccc(CCCCCP(=O)(O)O)c3ncccc23)cc1F. The van der Waals surface area contributed by atoms with Gasteiger partial charge in [0.1, 0.15) is 5.82 Å². The number of unbranched alkanes of at least 4 members (excludes halogenated alkanes) is 2. The molecular weight excluding hydrogens is 472 g/mol. The molecule has 3 aromatic carbocycles. The smallest absolute Gasteiger partial charge is 0.324 e. The van der Waals surface area contributed by atoms with E-state index in [1.807, 2.05) is 42.5 Å². The minimum Gasteiger partial charge on any atom is -0.324 e. The van der Waals surface area contributed by atoms with Gasteiger partial charge in [0.15, 0.2) is 0 Å². The largest absolute Gasteiger partial charge is 0.325 e. The molecule has 188 valence electrons. The average molecular weight is 506 g/mol. The minimum atomic E-state index is -3.93. The van der Waals surface area contributed by atoms with Crippen LogP contribution >= 0.6 is 7.60 Å². The predicted octanol–water partition coefficient (Wildman–Crippen LogP) is 7.42. The number of fused-ring (bicyclic) bond motifs is 1. The van der Waals surface area contributed by atoms with Crippen molar-refractivity contribution in [3.63, 3.8) is 0 Å². The van der Waals surface area contributed by atoms with E-state index >= 15 is 4.39 Å². The summed E-state index contributed by atoms with van der Waals surface area (Å²) in [5, 5.41) is 0.983. The van der Waals surface area contributed by atoms with E-state index in [4.69, 9.17) is 9.79 Å². The summed E-state index contributed by atoms with van der Waals surface area (Å²) in [7, 11) is -3.93. The second-order valence-electron chi connectivity index (χ2n) is 9.46. The third-order valence-electron chi connectivity index (χ3n) is 6.77. The Kier molecular flexibility index (Phi) is 8.68. The zero-order valence-electron chi connectivity index (χ0n) is 20.7. The number of hydrogen-bond acceptors (Lipinski definition) is 2. The van der Waals surface area contributed by atoms with E-state index < -0.39 is 7.60 Å². The lowest BCUT2D eigenvalue weighted by Gasteiger charge is -2.12. The molecule has 6 heteroatoms. The Morgan fingerprint density at radius 3 is 2.33 bits per heavy atom. The van der Waals surface area contributed by atoms with Crippen LogP contribution in [0.5, 0.6) is 0 Å². The van der Waals surface area contributed by atoms with E-state index in [-0.39, 0.29) is 12.0 Å². The quantitative estimate of drug-likeness (QED) is 0.164. The van der Waals surface area contributed by atoms with E-state index in [9.17, 15) is 4.57 Å². The van der Waals surface area contributed by atoms with Crippen LogP contribution < -0.4 is 0 Å². The molecule has 2 N–H and O–H groups in total. The molecule has 0 saturated heterocycles. The van der Waals surface area contributed by atoms with Crippen molar-refractivity contribution in [1.82, 2.24) is 4.98 Å². The Balaban J connectivity index is 1.46. The van der Waals surface area contributed by atoms with Gasteiger partial charge in [0.05, 0.1) is 5.52 Å². The molecule has 0 aliphatic carbocycles. The lowest BCUT2D eigenvalue weighted by atomic mass is 9.94. The lowest BCUT2D eigenvalue weighted by molar-refractivity contribution is 0.371. The number of aryl methyl sites for hydroxylation is 4. The van der Waals surface area contributed by atoms with Crippen LogP contribution in [0.25, 0.3) is 22.0 Å². The van der Waals surface area contributed by atoms with E-state index in [1.165, 1.54) is 11.1 Å². The average Bonchev–Trinajstić information content (AvgIpc) is 2.85.